The average molecular weight is 325 g/mol. The van der Waals surface area contributed by atoms with Crippen molar-refractivity contribution in [2.24, 2.45) is 0 Å². The van der Waals surface area contributed by atoms with E-state index in [2.05, 4.69) is 0 Å². The Labute approximate surface area is 101 Å². The van der Waals surface area contributed by atoms with Gasteiger partial charge in [0.15, 0.2) is 0 Å². The fourth-order valence-electron chi connectivity index (χ4n) is 1.16. The predicted octanol–water partition coefficient (Wildman–Crippen LogP) is 3.16. The Balaban J connectivity index is 2.83. The molecule has 2 nitrogen and oxygen atoms in total. The number of carboxylic acid groups (broad SMARTS) is 1. The molecule has 0 atom stereocenters. The summed E-state index contributed by atoms with van der Waals surface area (Å²) in [4.78, 5) is 10.7. The summed E-state index contributed by atoms with van der Waals surface area (Å²) in [5.74, 6) is -0.240. The maximum absolute atomic E-state index is 10.7. The number of alkyl halides is 1. The van der Waals surface area contributed by atoms with E-state index in [-0.39, 0.29) is 0 Å². The van der Waals surface area contributed by atoms with Gasteiger partial charge < -0.3 is 5.11 Å². The van der Waals surface area contributed by atoms with Crippen LogP contribution >= 0.6 is 34.2 Å². The monoisotopic (exact) mass is 324 g/mol. The van der Waals surface area contributed by atoms with Crippen molar-refractivity contribution in [3.8, 4) is 0 Å². The molecule has 1 aromatic carbocycles. The highest BCUT2D eigenvalue weighted by Gasteiger charge is 2.07. The second-order valence-electron chi connectivity index (χ2n) is 2.91. The number of aromatic carboxylic acids is 1. The molecule has 0 aliphatic heterocycles. The molecule has 1 rings (SSSR count). The van der Waals surface area contributed by atoms with Crippen LogP contribution in [-0.4, -0.2) is 17.0 Å². The largest absolute Gasteiger partial charge is 0.478 e. The van der Waals surface area contributed by atoms with Crippen LogP contribution in [0, 0.1) is 3.57 Å². The van der Waals surface area contributed by atoms with Crippen molar-refractivity contribution >= 4 is 40.2 Å². The van der Waals surface area contributed by atoms with Crippen molar-refractivity contribution in [3.05, 3.63) is 32.9 Å². The van der Waals surface area contributed by atoms with Gasteiger partial charge in [-0.1, -0.05) is 6.07 Å². The predicted molar refractivity (Wildman–Crippen MR) is 65.2 cm³/mol. The molecule has 1 N–H and O–H groups in total. The normalized spacial score (nSPS) is 10.1. The van der Waals surface area contributed by atoms with Crippen molar-refractivity contribution in [1.29, 1.82) is 0 Å². The third-order valence-corrected chi connectivity index (χ3v) is 3.02. The molecule has 1 aromatic rings. The molecular formula is C10H10ClIO2. The van der Waals surface area contributed by atoms with E-state index in [9.17, 15) is 4.79 Å². The summed E-state index contributed by atoms with van der Waals surface area (Å²) in [7, 11) is 0. The van der Waals surface area contributed by atoms with Gasteiger partial charge in [0.2, 0.25) is 0 Å². The van der Waals surface area contributed by atoms with Crippen LogP contribution in [0.15, 0.2) is 18.2 Å². The Bertz CT molecular complexity index is 339. The summed E-state index contributed by atoms with van der Waals surface area (Å²) >= 11 is 7.62. The molecule has 76 valence electrons. The topological polar surface area (TPSA) is 37.3 Å². The Hall–Kier alpha value is -0.290. The van der Waals surface area contributed by atoms with E-state index in [0.29, 0.717) is 11.4 Å². The molecular weight excluding hydrogens is 314 g/mol. The van der Waals surface area contributed by atoms with Gasteiger partial charge >= 0.3 is 5.97 Å². The van der Waals surface area contributed by atoms with E-state index in [0.717, 1.165) is 22.0 Å². The summed E-state index contributed by atoms with van der Waals surface area (Å²) in [6.07, 6.45) is 1.82. The fourth-order valence-corrected chi connectivity index (χ4v) is 2.10. The lowest BCUT2D eigenvalue weighted by Crippen LogP contribution is -2.00. The lowest BCUT2D eigenvalue weighted by molar-refractivity contribution is 0.0695. The molecule has 0 saturated carbocycles. The van der Waals surface area contributed by atoms with Crippen molar-refractivity contribution in [3.63, 3.8) is 0 Å². The summed E-state index contributed by atoms with van der Waals surface area (Å²) in [6, 6.07) is 5.39. The highest BCUT2D eigenvalue weighted by atomic mass is 127. The van der Waals surface area contributed by atoms with E-state index in [1.807, 2.05) is 34.7 Å². The minimum absolute atomic E-state index is 0.361. The first-order valence-corrected chi connectivity index (χ1v) is 5.84. The number of halogens is 2. The first kappa shape index (κ1) is 11.8. The zero-order valence-corrected chi connectivity index (χ0v) is 10.4. The van der Waals surface area contributed by atoms with Gasteiger partial charge in [-0.25, -0.2) is 4.79 Å². The number of aryl methyl sites for hydroxylation is 1. The highest BCUT2D eigenvalue weighted by molar-refractivity contribution is 14.1. The molecule has 0 unspecified atom stereocenters. The Morgan fingerprint density at radius 2 is 2.21 bits per heavy atom. The molecule has 0 spiro atoms. The van der Waals surface area contributed by atoms with Gasteiger partial charge in [0.1, 0.15) is 0 Å². The zero-order chi connectivity index (χ0) is 10.6. The number of hydrogen-bond acceptors (Lipinski definition) is 1. The van der Waals surface area contributed by atoms with Crippen LogP contribution in [-0.2, 0) is 6.42 Å². The highest BCUT2D eigenvalue weighted by Crippen LogP contribution is 2.15. The van der Waals surface area contributed by atoms with Crippen LogP contribution in [0.5, 0.6) is 0 Å². The number of rotatable bonds is 4. The molecule has 4 heteroatoms. The Kier molecular flexibility index (Phi) is 4.68. The summed E-state index contributed by atoms with van der Waals surface area (Å²) in [5, 5.41) is 8.81. The van der Waals surface area contributed by atoms with Crippen LogP contribution < -0.4 is 0 Å². The average Bonchev–Trinajstić information content (AvgIpc) is 2.14. The molecule has 0 saturated heterocycles. The molecule has 0 amide bonds. The van der Waals surface area contributed by atoms with Crippen LogP contribution in [0.4, 0.5) is 0 Å². The van der Waals surface area contributed by atoms with Crippen molar-refractivity contribution < 1.29 is 9.90 Å². The molecule has 0 radical (unpaired) electrons. The molecule has 14 heavy (non-hydrogen) atoms. The van der Waals surface area contributed by atoms with Crippen molar-refractivity contribution in [2.45, 2.75) is 12.8 Å². The third kappa shape index (κ3) is 3.13. The lowest BCUT2D eigenvalue weighted by atomic mass is 10.1. The zero-order valence-electron chi connectivity index (χ0n) is 7.46. The molecule has 0 aliphatic rings. The van der Waals surface area contributed by atoms with Gasteiger partial charge in [-0.15, -0.1) is 11.6 Å². The smallest absolute Gasteiger partial charge is 0.336 e. The maximum atomic E-state index is 10.7. The fraction of sp³-hybridized carbons (Fsp3) is 0.300. The Morgan fingerprint density at radius 3 is 2.71 bits per heavy atom. The van der Waals surface area contributed by atoms with Gasteiger partial charge in [0.05, 0.1) is 5.56 Å². The molecule has 0 heterocycles. The van der Waals surface area contributed by atoms with Crippen molar-refractivity contribution in [1.82, 2.24) is 0 Å². The summed E-state index contributed by atoms with van der Waals surface area (Å²) in [6.45, 7) is 0. The van der Waals surface area contributed by atoms with Gasteiger partial charge in [0.25, 0.3) is 0 Å². The quantitative estimate of drug-likeness (QED) is 0.682. The van der Waals surface area contributed by atoms with Gasteiger partial charge in [-0.05, 0) is 53.1 Å². The molecule has 0 aromatic heterocycles. The number of hydrogen-bond donors (Lipinski definition) is 1. The van der Waals surface area contributed by atoms with E-state index in [1.165, 1.54) is 0 Å². The first-order chi connectivity index (χ1) is 6.65. The van der Waals surface area contributed by atoms with Crippen LogP contribution in [0.2, 0.25) is 0 Å². The minimum Gasteiger partial charge on any atom is -0.478 e. The van der Waals surface area contributed by atoms with E-state index in [1.54, 1.807) is 6.07 Å². The summed E-state index contributed by atoms with van der Waals surface area (Å²) in [5.41, 5.74) is 1.50. The van der Waals surface area contributed by atoms with Crippen LogP contribution in [0.3, 0.4) is 0 Å². The second-order valence-corrected chi connectivity index (χ2v) is 4.45. The first-order valence-electron chi connectivity index (χ1n) is 4.23. The third-order valence-electron chi connectivity index (χ3n) is 1.86. The molecule has 0 aliphatic carbocycles. The minimum atomic E-state index is -0.877. The van der Waals surface area contributed by atoms with Gasteiger partial charge in [-0.2, -0.15) is 0 Å². The standard InChI is InChI=1S/C10H10ClIO2/c11-5-1-2-7-3-4-8(10(13)14)9(12)6-7/h3-4,6H,1-2,5H2,(H,13,14). The van der Waals surface area contributed by atoms with Crippen LogP contribution in [0.25, 0.3) is 0 Å². The van der Waals surface area contributed by atoms with E-state index in [4.69, 9.17) is 16.7 Å². The number of carboxylic acids is 1. The van der Waals surface area contributed by atoms with E-state index < -0.39 is 5.97 Å². The summed E-state index contributed by atoms with van der Waals surface area (Å²) < 4.78 is 0.780. The van der Waals surface area contributed by atoms with E-state index >= 15 is 0 Å². The van der Waals surface area contributed by atoms with Crippen molar-refractivity contribution in [2.75, 3.05) is 5.88 Å². The van der Waals surface area contributed by atoms with Gasteiger partial charge in [0, 0.05) is 9.45 Å². The SMILES string of the molecule is O=C(O)c1ccc(CCCCl)cc1I. The lowest BCUT2D eigenvalue weighted by Gasteiger charge is -2.03. The van der Waals surface area contributed by atoms with Crippen LogP contribution in [0.1, 0.15) is 22.3 Å². The number of carbonyl (C=O) groups is 1. The van der Waals surface area contributed by atoms with Gasteiger partial charge in [-0.3, -0.25) is 0 Å². The molecule has 0 fully saturated rings. The maximum Gasteiger partial charge on any atom is 0.336 e. The number of benzene rings is 1. The molecule has 0 bridgehead atoms. The second kappa shape index (κ2) is 5.56. The Morgan fingerprint density at radius 1 is 1.50 bits per heavy atom.